The minimum absolute atomic E-state index is 0.0438. The van der Waals surface area contributed by atoms with Crippen molar-refractivity contribution in [3.05, 3.63) is 71.3 Å². The zero-order valence-electron chi connectivity index (χ0n) is 16.7. The normalized spacial score (nSPS) is 22.3. The van der Waals surface area contributed by atoms with Gasteiger partial charge in [0.05, 0.1) is 13.2 Å². The number of hydrogen-bond acceptors (Lipinski definition) is 4. The van der Waals surface area contributed by atoms with E-state index in [9.17, 15) is 9.59 Å². The molecule has 0 radical (unpaired) electrons. The molecule has 0 saturated carbocycles. The Kier molecular flexibility index (Phi) is 5.92. The summed E-state index contributed by atoms with van der Waals surface area (Å²) in [6.45, 7) is 5.36. The Morgan fingerprint density at radius 1 is 1.00 bits per heavy atom. The van der Waals surface area contributed by atoms with E-state index < -0.39 is 12.1 Å². The summed E-state index contributed by atoms with van der Waals surface area (Å²) in [4.78, 5) is 29.5. The third-order valence-corrected chi connectivity index (χ3v) is 5.59. The molecule has 2 atom stereocenters. The third kappa shape index (κ3) is 4.66. The van der Waals surface area contributed by atoms with Crippen LogP contribution in [0.1, 0.15) is 16.7 Å². The van der Waals surface area contributed by atoms with Gasteiger partial charge < -0.3 is 15.0 Å². The highest BCUT2D eigenvalue weighted by molar-refractivity contribution is 5.97. The summed E-state index contributed by atoms with van der Waals surface area (Å²) in [7, 11) is 0. The smallest absolute Gasteiger partial charge is 0.248 e. The maximum atomic E-state index is 12.9. The fourth-order valence-electron chi connectivity index (χ4n) is 3.93. The molecule has 152 valence electrons. The van der Waals surface area contributed by atoms with Crippen LogP contribution in [-0.4, -0.2) is 59.9 Å². The number of rotatable bonds is 6. The van der Waals surface area contributed by atoms with Crippen LogP contribution in [0.25, 0.3) is 0 Å². The number of carbonyl (C=O) groups excluding carboxylic acids is 2. The highest BCUT2D eigenvalue weighted by atomic mass is 16.5. The Balaban J connectivity index is 1.32. The van der Waals surface area contributed by atoms with Crippen molar-refractivity contribution in [1.82, 2.24) is 15.1 Å². The van der Waals surface area contributed by atoms with Crippen LogP contribution in [0, 0.1) is 6.92 Å². The Hall–Kier alpha value is -2.70. The van der Waals surface area contributed by atoms with Crippen LogP contribution in [0.15, 0.2) is 54.6 Å². The number of nitrogens with one attached hydrogen (secondary N) is 1. The van der Waals surface area contributed by atoms with E-state index in [1.807, 2.05) is 30.3 Å². The molecule has 0 spiro atoms. The predicted molar refractivity (Wildman–Crippen MR) is 110 cm³/mol. The number of hydrogen-bond donors (Lipinski definition) is 1. The molecule has 6 nitrogen and oxygen atoms in total. The Morgan fingerprint density at radius 3 is 2.52 bits per heavy atom. The summed E-state index contributed by atoms with van der Waals surface area (Å²) < 4.78 is 5.69. The molecule has 2 amide bonds. The van der Waals surface area contributed by atoms with Crippen LogP contribution in [0.3, 0.4) is 0 Å². The van der Waals surface area contributed by atoms with Gasteiger partial charge in [-0.05, 0) is 18.1 Å². The minimum atomic E-state index is -0.605. The molecule has 6 heteroatoms. The SMILES string of the molecule is Cc1ccc(CN2CCN3C(=O)[C@H](COCc4ccccc4)NC(=O)[C@H]3C2)cc1. The van der Waals surface area contributed by atoms with Crippen LogP contribution in [-0.2, 0) is 27.5 Å². The van der Waals surface area contributed by atoms with Gasteiger partial charge in [0.15, 0.2) is 0 Å². The monoisotopic (exact) mass is 393 g/mol. The van der Waals surface area contributed by atoms with Gasteiger partial charge in [-0.1, -0.05) is 60.2 Å². The number of nitrogens with zero attached hydrogens (tertiary/aromatic N) is 2. The predicted octanol–water partition coefficient (Wildman–Crippen LogP) is 1.72. The second-order valence-corrected chi connectivity index (χ2v) is 7.83. The van der Waals surface area contributed by atoms with Crippen molar-refractivity contribution in [2.45, 2.75) is 32.2 Å². The summed E-state index contributed by atoms with van der Waals surface area (Å²) >= 11 is 0. The number of benzene rings is 2. The van der Waals surface area contributed by atoms with Gasteiger partial charge in [-0.15, -0.1) is 0 Å². The van der Waals surface area contributed by atoms with E-state index in [-0.39, 0.29) is 18.4 Å². The summed E-state index contributed by atoms with van der Waals surface area (Å²) in [6.07, 6.45) is 0. The van der Waals surface area contributed by atoms with Gasteiger partial charge in [-0.25, -0.2) is 0 Å². The lowest BCUT2D eigenvalue weighted by atomic mass is 10.0. The van der Waals surface area contributed by atoms with Crippen molar-refractivity contribution in [2.75, 3.05) is 26.2 Å². The number of aryl methyl sites for hydroxylation is 1. The summed E-state index contributed by atoms with van der Waals surface area (Å²) in [6, 6.07) is 17.2. The van der Waals surface area contributed by atoms with E-state index >= 15 is 0 Å². The summed E-state index contributed by atoms with van der Waals surface area (Å²) in [5.74, 6) is -0.135. The van der Waals surface area contributed by atoms with Crippen molar-refractivity contribution in [1.29, 1.82) is 0 Å². The number of carbonyl (C=O) groups is 2. The number of ether oxygens (including phenoxy) is 1. The molecule has 2 aromatic rings. The molecule has 2 fully saturated rings. The lowest BCUT2D eigenvalue weighted by Gasteiger charge is -2.45. The van der Waals surface area contributed by atoms with E-state index in [2.05, 4.69) is 41.4 Å². The molecular weight excluding hydrogens is 366 g/mol. The minimum Gasteiger partial charge on any atom is -0.374 e. The molecule has 0 bridgehead atoms. The molecule has 1 N–H and O–H groups in total. The number of piperazine rings is 2. The fourth-order valence-corrected chi connectivity index (χ4v) is 3.93. The van der Waals surface area contributed by atoms with Crippen molar-refractivity contribution >= 4 is 11.8 Å². The fraction of sp³-hybridized carbons (Fsp3) is 0.391. The Bertz CT molecular complexity index is 853. The summed E-state index contributed by atoms with van der Waals surface area (Å²) in [5.41, 5.74) is 3.50. The first-order chi connectivity index (χ1) is 14.1. The van der Waals surface area contributed by atoms with Gasteiger partial charge in [-0.2, -0.15) is 0 Å². The average Bonchev–Trinajstić information content (AvgIpc) is 2.74. The second kappa shape index (κ2) is 8.76. The van der Waals surface area contributed by atoms with Gasteiger partial charge in [0.1, 0.15) is 12.1 Å². The zero-order chi connectivity index (χ0) is 20.2. The van der Waals surface area contributed by atoms with E-state index in [0.29, 0.717) is 19.7 Å². The van der Waals surface area contributed by atoms with E-state index in [1.54, 1.807) is 4.90 Å². The Morgan fingerprint density at radius 2 is 1.76 bits per heavy atom. The maximum Gasteiger partial charge on any atom is 0.248 e. The van der Waals surface area contributed by atoms with Crippen molar-refractivity contribution in [3.8, 4) is 0 Å². The molecule has 0 aliphatic carbocycles. The molecule has 0 aromatic heterocycles. The van der Waals surface area contributed by atoms with Crippen LogP contribution in [0.2, 0.25) is 0 Å². The molecule has 2 saturated heterocycles. The lowest BCUT2D eigenvalue weighted by Crippen LogP contribution is -2.69. The van der Waals surface area contributed by atoms with Crippen molar-refractivity contribution < 1.29 is 14.3 Å². The maximum absolute atomic E-state index is 12.9. The van der Waals surface area contributed by atoms with Crippen LogP contribution < -0.4 is 5.32 Å². The largest absolute Gasteiger partial charge is 0.374 e. The molecular formula is C23H27N3O3. The third-order valence-electron chi connectivity index (χ3n) is 5.59. The van der Waals surface area contributed by atoms with Crippen LogP contribution in [0.5, 0.6) is 0 Å². The van der Waals surface area contributed by atoms with Gasteiger partial charge in [0, 0.05) is 26.2 Å². The van der Waals surface area contributed by atoms with Crippen molar-refractivity contribution in [3.63, 3.8) is 0 Å². The van der Waals surface area contributed by atoms with Gasteiger partial charge in [0.2, 0.25) is 11.8 Å². The topological polar surface area (TPSA) is 61.9 Å². The molecule has 2 aliphatic heterocycles. The quantitative estimate of drug-likeness (QED) is 0.812. The van der Waals surface area contributed by atoms with E-state index in [0.717, 1.165) is 18.7 Å². The highest BCUT2D eigenvalue weighted by Gasteiger charge is 2.43. The van der Waals surface area contributed by atoms with E-state index in [4.69, 9.17) is 4.74 Å². The Labute approximate surface area is 171 Å². The first kappa shape index (κ1) is 19.6. The zero-order valence-corrected chi connectivity index (χ0v) is 16.7. The first-order valence-corrected chi connectivity index (χ1v) is 10.1. The molecule has 29 heavy (non-hydrogen) atoms. The highest BCUT2D eigenvalue weighted by Crippen LogP contribution is 2.19. The molecule has 2 heterocycles. The average molecular weight is 393 g/mol. The van der Waals surface area contributed by atoms with Crippen LogP contribution >= 0.6 is 0 Å². The summed E-state index contributed by atoms with van der Waals surface area (Å²) in [5, 5.41) is 2.86. The van der Waals surface area contributed by atoms with Crippen LogP contribution in [0.4, 0.5) is 0 Å². The van der Waals surface area contributed by atoms with Gasteiger partial charge in [-0.3, -0.25) is 14.5 Å². The molecule has 2 aromatic carbocycles. The number of fused-ring (bicyclic) bond motifs is 1. The molecule has 2 aliphatic rings. The lowest BCUT2D eigenvalue weighted by molar-refractivity contribution is -0.155. The van der Waals surface area contributed by atoms with Gasteiger partial charge in [0.25, 0.3) is 0 Å². The van der Waals surface area contributed by atoms with Gasteiger partial charge >= 0.3 is 0 Å². The van der Waals surface area contributed by atoms with E-state index in [1.165, 1.54) is 11.1 Å². The number of amides is 2. The standard InChI is InChI=1S/C23H27N3O3/c1-17-7-9-18(10-8-17)13-25-11-12-26-21(14-25)22(27)24-20(23(26)28)16-29-15-19-5-3-2-4-6-19/h2-10,20-21H,11-16H2,1H3,(H,24,27)/t20-,21+/m0/s1. The van der Waals surface area contributed by atoms with Crippen molar-refractivity contribution in [2.24, 2.45) is 0 Å². The molecule has 4 rings (SSSR count). The molecule has 0 unspecified atom stereocenters. The second-order valence-electron chi connectivity index (χ2n) is 7.83. The first-order valence-electron chi connectivity index (χ1n) is 10.1.